The third-order valence-electron chi connectivity index (χ3n) is 3.88. The van der Waals surface area contributed by atoms with E-state index in [1.807, 2.05) is 20.8 Å². The monoisotopic (exact) mass is 578 g/mol. The van der Waals surface area contributed by atoms with E-state index in [0.717, 1.165) is 21.7 Å². The highest BCUT2D eigenvalue weighted by Crippen LogP contribution is 2.16. The molecule has 30 heavy (non-hydrogen) atoms. The fourth-order valence-electron chi connectivity index (χ4n) is 2.20. The van der Waals surface area contributed by atoms with E-state index in [9.17, 15) is 8.42 Å². The number of hydrogen-bond acceptors (Lipinski definition) is 8. The molecule has 0 aliphatic heterocycles. The summed E-state index contributed by atoms with van der Waals surface area (Å²) in [4.78, 5) is 13.3. The first-order valence-corrected chi connectivity index (χ1v) is 12.1. The standard InChI is InChI=1S/C13H15NO3S2.C6H8BrN3.BrH/c1-10-3-5-12(6-4-10)19(15,16)17-8-7-13-11(2)14-9-18-13;1-4-9-3-5(2-7)6(8)10-4;/h3-6,9H,7-8H2,1-2H3;3H,2H2,1H3,(H2,8,9,10);1H. The Balaban J connectivity index is 0.000000348. The molecule has 0 saturated carbocycles. The fraction of sp³-hybridized carbons (Fsp3) is 0.316. The number of hydrogen-bond donors (Lipinski definition) is 1. The lowest BCUT2D eigenvalue weighted by Gasteiger charge is -2.05. The van der Waals surface area contributed by atoms with Crippen molar-refractivity contribution in [3.8, 4) is 0 Å². The van der Waals surface area contributed by atoms with Crippen molar-refractivity contribution < 1.29 is 12.6 Å². The number of nitrogens with two attached hydrogens (primary N) is 1. The molecule has 1 aromatic carbocycles. The Kier molecular flexibility index (Phi) is 11.1. The van der Waals surface area contributed by atoms with Crippen molar-refractivity contribution >= 4 is 60.2 Å². The number of benzene rings is 1. The van der Waals surface area contributed by atoms with E-state index in [4.69, 9.17) is 9.92 Å². The molecule has 0 radical (unpaired) electrons. The Labute approximate surface area is 200 Å². The van der Waals surface area contributed by atoms with E-state index in [1.54, 1.807) is 36.0 Å². The van der Waals surface area contributed by atoms with Crippen molar-refractivity contribution in [1.82, 2.24) is 15.0 Å². The summed E-state index contributed by atoms with van der Waals surface area (Å²) in [5.74, 6) is 1.27. The molecule has 0 spiro atoms. The van der Waals surface area contributed by atoms with Gasteiger partial charge in [-0.2, -0.15) is 8.42 Å². The van der Waals surface area contributed by atoms with Crippen LogP contribution in [-0.2, 0) is 26.1 Å². The van der Waals surface area contributed by atoms with Gasteiger partial charge in [-0.1, -0.05) is 33.6 Å². The van der Waals surface area contributed by atoms with Crippen LogP contribution in [0.15, 0.2) is 40.9 Å². The van der Waals surface area contributed by atoms with Crippen LogP contribution in [0.3, 0.4) is 0 Å². The van der Waals surface area contributed by atoms with Crippen molar-refractivity contribution in [3.05, 3.63) is 63.5 Å². The van der Waals surface area contributed by atoms with E-state index in [-0.39, 0.29) is 28.5 Å². The number of aryl methyl sites for hydroxylation is 3. The molecule has 2 N–H and O–H groups in total. The molecule has 0 aliphatic rings. The first-order chi connectivity index (χ1) is 13.7. The van der Waals surface area contributed by atoms with Gasteiger partial charge < -0.3 is 5.73 Å². The maximum absolute atomic E-state index is 11.9. The summed E-state index contributed by atoms with van der Waals surface area (Å²) in [6, 6.07) is 6.62. The number of anilines is 1. The molecule has 3 rings (SSSR count). The molecule has 0 fully saturated rings. The Hall–Kier alpha value is -1.40. The quantitative estimate of drug-likeness (QED) is 0.337. The van der Waals surface area contributed by atoms with Gasteiger partial charge in [0.2, 0.25) is 0 Å². The second-order valence-corrected chi connectivity index (χ2v) is 9.28. The molecule has 3 aromatic rings. The normalized spacial score (nSPS) is 10.7. The molecule has 7 nitrogen and oxygen atoms in total. The van der Waals surface area contributed by atoms with E-state index in [0.29, 0.717) is 23.4 Å². The largest absolute Gasteiger partial charge is 0.383 e. The Bertz CT molecular complexity index is 1040. The van der Waals surface area contributed by atoms with Crippen molar-refractivity contribution in [2.24, 2.45) is 0 Å². The zero-order chi connectivity index (χ0) is 21.4. The van der Waals surface area contributed by atoms with Gasteiger partial charge in [0.05, 0.1) is 22.7 Å². The summed E-state index contributed by atoms with van der Waals surface area (Å²) in [6.45, 7) is 5.76. The molecule has 0 atom stereocenters. The van der Waals surface area contributed by atoms with Crippen molar-refractivity contribution in [2.45, 2.75) is 37.4 Å². The van der Waals surface area contributed by atoms with Gasteiger partial charge in [0.15, 0.2) is 0 Å². The molecule has 2 aromatic heterocycles. The molecular formula is C19H24Br2N4O3S2. The van der Waals surface area contributed by atoms with Gasteiger partial charge in [-0.05, 0) is 32.9 Å². The topological polar surface area (TPSA) is 108 Å². The third-order valence-corrected chi connectivity index (χ3v) is 6.81. The maximum Gasteiger partial charge on any atom is 0.296 e. The van der Waals surface area contributed by atoms with Crippen LogP contribution in [0.1, 0.15) is 27.5 Å². The molecule has 0 amide bonds. The minimum Gasteiger partial charge on any atom is -0.383 e. The fourth-order valence-corrected chi connectivity index (χ4v) is 4.30. The number of alkyl halides is 1. The minimum atomic E-state index is -3.66. The number of rotatable bonds is 6. The number of nitrogen functional groups attached to an aromatic ring is 1. The molecule has 0 bridgehead atoms. The van der Waals surface area contributed by atoms with Crippen molar-refractivity contribution in [2.75, 3.05) is 12.3 Å². The van der Waals surface area contributed by atoms with Crippen LogP contribution >= 0.6 is 44.2 Å². The Morgan fingerprint density at radius 3 is 2.33 bits per heavy atom. The van der Waals surface area contributed by atoms with Crippen LogP contribution < -0.4 is 5.73 Å². The van der Waals surface area contributed by atoms with Gasteiger partial charge in [0.1, 0.15) is 11.6 Å². The lowest BCUT2D eigenvalue weighted by molar-refractivity contribution is 0.322. The van der Waals surface area contributed by atoms with Crippen LogP contribution in [0, 0.1) is 20.8 Å². The molecule has 0 aliphatic carbocycles. The first kappa shape index (κ1) is 26.6. The van der Waals surface area contributed by atoms with E-state index in [2.05, 4.69) is 30.9 Å². The van der Waals surface area contributed by atoms with Crippen molar-refractivity contribution in [1.29, 1.82) is 0 Å². The molecule has 11 heteroatoms. The van der Waals surface area contributed by atoms with Crippen LogP contribution in [0.25, 0.3) is 0 Å². The summed E-state index contributed by atoms with van der Waals surface area (Å²) in [6.07, 6.45) is 2.29. The van der Waals surface area contributed by atoms with Gasteiger partial charge in [-0.3, -0.25) is 4.18 Å². The molecule has 0 unspecified atom stereocenters. The summed E-state index contributed by atoms with van der Waals surface area (Å²) >= 11 is 4.78. The number of thiazole rings is 1. The lowest BCUT2D eigenvalue weighted by Crippen LogP contribution is -2.09. The van der Waals surface area contributed by atoms with Crippen LogP contribution in [-0.4, -0.2) is 30.0 Å². The molecule has 2 heterocycles. The molecule has 0 saturated heterocycles. The molecule has 164 valence electrons. The predicted molar refractivity (Wildman–Crippen MR) is 129 cm³/mol. The predicted octanol–water partition coefficient (Wildman–Crippen LogP) is 4.55. The average molecular weight is 580 g/mol. The zero-order valence-corrected chi connectivity index (χ0v) is 21.8. The highest BCUT2D eigenvalue weighted by atomic mass is 79.9. The molecular weight excluding hydrogens is 556 g/mol. The van der Waals surface area contributed by atoms with Gasteiger partial charge in [0, 0.05) is 28.4 Å². The van der Waals surface area contributed by atoms with E-state index >= 15 is 0 Å². The van der Waals surface area contributed by atoms with Gasteiger partial charge in [-0.25, -0.2) is 15.0 Å². The number of aromatic nitrogens is 3. The summed E-state index contributed by atoms with van der Waals surface area (Å²) < 4.78 is 28.9. The summed E-state index contributed by atoms with van der Waals surface area (Å²) in [5, 5.41) is 0.707. The summed E-state index contributed by atoms with van der Waals surface area (Å²) in [7, 11) is -3.66. The van der Waals surface area contributed by atoms with E-state index < -0.39 is 10.1 Å². The van der Waals surface area contributed by atoms with Crippen molar-refractivity contribution in [3.63, 3.8) is 0 Å². The van der Waals surface area contributed by atoms with Gasteiger partial charge in [0.25, 0.3) is 10.1 Å². The zero-order valence-electron chi connectivity index (χ0n) is 16.8. The SMILES string of the molecule is Br.Cc1ccc(S(=O)(=O)OCCc2scnc2C)cc1.Cc1ncc(CBr)c(N)n1. The summed E-state index contributed by atoms with van der Waals surface area (Å²) in [5.41, 5.74) is 10.2. The Morgan fingerprint density at radius 1 is 1.13 bits per heavy atom. The maximum atomic E-state index is 11.9. The minimum absolute atomic E-state index is 0. The van der Waals surface area contributed by atoms with Gasteiger partial charge >= 0.3 is 0 Å². The first-order valence-electron chi connectivity index (χ1n) is 8.72. The average Bonchev–Trinajstić information content (AvgIpc) is 3.07. The van der Waals surface area contributed by atoms with Crippen LogP contribution in [0.5, 0.6) is 0 Å². The van der Waals surface area contributed by atoms with Gasteiger partial charge in [-0.15, -0.1) is 28.3 Å². The van der Waals surface area contributed by atoms with Crippen LogP contribution in [0.2, 0.25) is 0 Å². The highest BCUT2D eigenvalue weighted by Gasteiger charge is 2.15. The second-order valence-electron chi connectivity index (χ2n) is 6.16. The third kappa shape index (κ3) is 8.03. The smallest absolute Gasteiger partial charge is 0.296 e. The van der Waals surface area contributed by atoms with E-state index in [1.165, 1.54) is 11.3 Å². The second kappa shape index (κ2) is 12.5. The highest BCUT2D eigenvalue weighted by molar-refractivity contribution is 9.08. The number of nitrogens with zero attached hydrogens (tertiary/aromatic N) is 3. The van der Waals surface area contributed by atoms with Crippen LogP contribution in [0.4, 0.5) is 5.82 Å². The lowest BCUT2D eigenvalue weighted by atomic mass is 10.2. The Morgan fingerprint density at radius 2 is 1.80 bits per heavy atom. The number of halogens is 2.